The van der Waals surface area contributed by atoms with E-state index in [9.17, 15) is 9.59 Å². The maximum absolute atomic E-state index is 13.6. The van der Waals surface area contributed by atoms with Crippen LogP contribution in [-0.2, 0) is 0 Å². The summed E-state index contributed by atoms with van der Waals surface area (Å²) in [5, 5.41) is 6.51. The fraction of sp³-hybridized carbons (Fsp3) is 0.0385. The molecule has 3 heterocycles. The van der Waals surface area contributed by atoms with Crippen molar-refractivity contribution in [3.8, 4) is 0 Å². The molecule has 0 N–H and O–H groups in total. The van der Waals surface area contributed by atoms with Gasteiger partial charge in [-0.25, -0.2) is 9.97 Å². The van der Waals surface area contributed by atoms with Gasteiger partial charge < -0.3 is 4.42 Å². The second-order valence-corrected chi connectivity index (χ2v) is 9.78. The van der Waals surface area contributed by atoms with Crippen molar-refractivity contribution in [2.75, 3.05) is 5.01 Å². The van der Waals surface area contributed by atoms with Crippen LogP contribution in [0.15, 0.2) is 86.8 Å². The topological polar surface area (TPSA) is 88.7 Å². The number of aryl methyl sites for hydroxylation is 1. The molecule has 7 nitrogen and oxygen atoms in total. The van der Waals surface area contributed by atoms with Crippen LogP contribution in [0.2, 0.25) is 0 Å². The summed E-state index contributed by atoms with van der Waals surface area (Å²) < 4.78 is 7.43. The Labute approximate surface area is 206 Å². The minimum absolute atomic E-state index is 0.228. The highest BCUT2D eigenvalue weighted by Crippen LogP contribution is 2.31. The normalized spacial score (nSPS) is 11.7. The number of benzene rings is 3. The first-order valence-corrected chi connectivity index (χ1v) is 12.4. The van der Waals surface area contributed by atoms with Crippen molar-refractivity contribution in [2.24, 2.45) is 5.10 Å². The smallest absolute Gasteiger partial charge is 0.280 e. The van der Waals surface area contributed by atoms with Crippen LogP contribution in [0.4, 0.5) is 5.13 Å². The maximum Gasteiger partial charge on any atom is 0.280 e. The predicted molar refractivity (Wildman–Crippen MR) is 141 cm³/mol. The van der Waals surface area contributed by atoms with Gasteiger partial charge in [0.1, 0.15) is 11.8 Å². The van der Waals surface area contributed by atoms with Gasteiger partial charge in [-0.15, -0.1) is 11.3 Å². The average molecular weight is 497 g/mol. The van der Waals surface area contributed by atoms with E-state index in [4.69, 9.17) is 4.42 Å². The van der Waals surface area contributed by atoms with E-state index in [1.807, 2.05) is 25.1 Å². The highest BCUT2D eigenvalue weighted by atomic mass is 32.1. The Kier molecular flexibility index (Phi) is 5.20. The minimum atomic E-state index is -0.363. The van der Waals surface area contributed by atoms with Crippen LogP contribution in [0.25, 0.3) is 31.4 Å². The number of amides is 1. The van der Waals surface area contributed by atoms with E-state index in [-0.39, 0.29) is 16.9 Å². The molecule has 0 spiro atoms. The standard InChI is InChI=1S/C26H16N4O3S2/c1-15-6-8-20-23(10-15)35-26(29-20)30(25(32)16-7-9-19-22(11-16)34-14-27-19)28-12-17-13-33-21-5-3-2-4-18(21)24(17)31/h2-14H,1H3/b28-12+. The zero-order chi connectivity index (χ0) is 23.9. The summed E-state index contributed by atoms with van der Waals surface area (Å²) in [4.78, 5) is 35.5. The molecule has 0 saturated carbocycles. The molecular formula is C26H16N4O3S2. The van der Waals surface area contributed by atoms with E-state index in [1.54, 1.807) is 48.0 Å². The van der Waals surface area contributed by atoms with Crippen molar-refractivity contribution in [1.82, 2.24) is 9.97 Å². The summed E-state index contributed by atoms with van der Waals surface area (Å²) in [5.74, 6) is -0.363. The molecule has 1 amide bonds. The van der Waals surface area contributed by atoms with Gasteiger partial charge in [0, 0.05) is 5.56 Å². The van der Waals surface area contributed by atoms with Gasteiger partial charge in [0.25, 0.3) is 5.91 Å². The van der Waals surface area contributed by atoms with Gasteiger partial charge in [-0.3, -0.25) is 9.59 Å². The zero-order valence-electron chi connectivity index (χ0n) is 18.3. The van der Waals surface area contributed by atoms with Gasteiger partial charge in [0.05, 0.1) is 43.1 Å². The number of nitrogens with zero attached hydrogens (tertiary/aromatic N) is 4. The number of hydrogen-bond donors (Lipinski definition) is 0. The van der Waals surface area contributed by atoms with E-state index in [1.165, 1.54) is 40.2 Å². The van der Waals surface area contributed by atoms with Crippen molar-refractivity contribution < 1.29 is 9.21 Å². The van der Waals surface area contributed by atoms with Crippen LogP contribution in [0.5, 0.6) is 0 Å². The van der Waals surface area contributed by atoms with E-state index in [0.717, 1.165) is 26.0 Å². The molecule has 0 radical (unpaired) electrons. The summed E-state index contributed by atoms with van der Waals surface area (Å²) in [5.41, 5.74) is 5.37. The second-order valence-electron chi connectivity index (χ2n) is 7.88. The zero-order valence-corrected chi connectivity index (χ0v) is 20.0. The highest BCUT2D eigenvalue weighted by molar-refractivity contribution is 7.22. The van der Waals surface area contributed by atoms with Gasteiger partial charge >= 0.3 is 0 Å². The van der Waals surface area contributed by atoms with Gasteiger partial charge in [0.15, 0.2) is 0 Å². The van der Waals surface area contributed by atoms with E-state index in [2.05, 4.69) is 15.1 Å². The lowest BCUT2D eigenvalue weighted by Gasteiger charge is -2.13. The third kappa shape index (κ3) is 3.90. The molecule has 3 aromatic carbocycles. The Balaban J connectivity index is 1.46. The number of anilines is 1. The van der Waals surface area contributed by atoms with Crippen molar-refractivity contribution in [1.29, 1.82) is 0 Å². The lowest BCUT2D eigenvalue weighted by atomic mass is 10.2. The fourth-order valence-electron chi connectivity index (χ4n) is 3.71. The molecule has 0 aliphatic carbocycles. The summed E-state index contributed by atoms with van der Waals surface area (Å²) in [6.07, 6.45) is 2.70. The van der Waals surface area contributed by atoms with Crippen molar-refractivity contribution in [3.05, 3.63) is 99.4 Å². The molecule has 0 aliphatic heterocycles. The Hall–Kier alpha value is -4.21. The molecule has 35 heavy (non-hydrogen) atoms. The molecule has 170 valence electrons. The Morgan fingerprint density at radius 2 is 1.91 bits per heavy atom. The SMILES string of the molecule is Cc1ccc2nc(N(/N=C/c3coc4ccccc4c3=O)C(=O)c3ccc4ncsc4c3)sc2c1. The minimum Gasteiger partial charge on any atom is -0.463 e. The number of fused-ring (bicyclic) bond motifs is 3. The lowest BCUT2D eigenvalue weighted by molar-refractivity contribution is 0.0988. The van der Waals surface area contributed by atoms with Crippen LogP contribution in [0, 0.1) is 6.92 Å². The molecule has 0 atom stereocenters. The van der Waals surface area contributed by atoms with Crippen LogP contribution < -0.4 is 10.4 Å². The Bertz CT molecular complexity index is 1830. The van der Waals surface area contributed by atoms with Crippen molar-refractivity contribution in [2.45, 2.75) is 6.92 Å². The van der Waals surface area contributed by atoms with E-state index >= 15 is 0 Å². The molecule has 0 bridgehead atoms. The van der Waals surface area contributed by atoms with E-state index in [0.29, 0.717) is 21.7 Å². The number of rotatable bonds is 4. The summed E-state index contributed by atoms with van der Waals surface area (Å²) in [7, 11) is 0. The molecule has 6 rings (SSSR count). The molecule has 0 unspecified atom stereocenters. The summed E-state index contributed by atoms with van der Waals surface area (Å²) in [6, 6.07) is 18.2. The number of thiazole rings is 2. The molecule has 0 aliphatic rings. The molecule has 0 fully saturated rings. The molecule has 3 aromatic heterocycles. The summed E-state index contributed by atoms with van der Waals surface area (Å²) in [6.45, 7) is 2.00. The van der Waals surface area contributed by atoms with Gasteiger partial charge in [0.2, 0.25) is 10.6 Å². The molecule has 6 aromatic rings. The number of hydrazone groups is 1. The van der Waals surface area contributed by atoms with Crippen LogP contribution in [-0.4, -0.2) is 22.1 Å². The largest absolute Gasteiger partial charge is 0.463 e. The second kappa shape index (κ2) is 8.53. The highest BCUT2D eigenvalue weighted by Gasteiger charge is 2.22. The van der Waals surface area contributed by atoms with Crippen LogP contribution >= 0.6 is 22.7 Å². The van der Waals surface area contributed by atoms with Gasteiger partial charge in [-0.1, -0.05) is 29.5 Å². The van der Waals surface area contributed by atoms with Crippen molar-refractivity contribution >= 4 is 71.3 Å². The third-order valence-corrected chi connectivity index (χ3v) is 7.29. The van der Waals surface area contributed by atoms with Crippen LogP contribution in [0.3, 0.4) is 0 Å². The Morgan fingerprint density at radius 3 is 2.83 bits per heavy atom. The predicted octanol–water partition coefficient (Wildman–Crippen LogP) is 6.00. The lowest BCUT2D eigenvalue weighted by Crippen LogP contribution is -2.26. The Morgan fingerprint density at radius 1 is 1.06 bits per heavy atom. The first-order chi connectivity index (χ1) is 17.1. The maximum atomic E-state index is 13.6. The molecule has 0 saturated heterocycles. The van der Waals surface area contributed by atoms with Crippen LogP contribution in [0.1, 0.15) is 21.5 Å². The average Bonchev–Trinajstić information content (AvgIpc) is 3.51. The van der Waals surface area contributed by atoms with Crippen molar-refractivity contribution in [3.63, 3.8) is 0 Å². The number of hydrogen-bond acceptors (Lipinski definition) is 8. The van der Waals surface area contributed by atoms with E-state index < -0.39 is 0 Å². The first-order valence-electron chi connectivity index (χ1n) is 10.7. The molecular weight excluding hydrogens is 480 g/mol. The number of para-hydroxylation sites is 1. The fourth-order valence-corrected chi connectivity index (χ4v) is 5.45. The third-order valence-electron chi connectivity index (χ3n) is 5.50. The van der Waals surface area contributed by atoms with Gasteiger partial charge in [-0.05, 0) is 55.0 Å². The first kappa shape index (κ1) is 21.3. The monoisotopic (exact) mass is 496 g/mol. The number of carbonyl (C=O) groups is 1. The summed E-state index contributed by atoms with van der Waals surface area (Å²) >= 11 is 2.82. The number of aromatic nitrogens is 2. The quantitative estimate of drug-likeness (QED) is 0.221. The van der Waals surface area contributed by atoms with Gasteiger partial charge in [-0.2, -0.15) is 10.1 Å². The molecule has 9 heteroatoms. The number of carbonyl (C=O) groups excluding carboxylic acids is 1.